The Morgan fingerprint density at radius 2 is 1.90 bits per heavy atom. The molecule has 2 aromatic carbocycles. The van der Waals surface area contributed by atoms with Gasteiger partial charge in [-0.25, -0.2) is 0 Å². The summed E-state index contributed by atoms with van der Waals surface area (Å²) in [5, 5.41) is 5.42. The van der Waals surface area contributed by atoms with Gasteiger partial charge in [-0.05, 0) is 43.2 Å². The first kappa shape index (κ1) is 21.2. The van der Waals surface area contributed by atoms with E-state index in [1.807, 2.05) is 24.3 Å². The highest BCUT2D eigenvalue weighted by molar-refractivity contribution is 5.99. The van der Waals surface area contributed by atoms with Gasteiger partial charge in [0.05, 0.1) is 19.2 Å². The number of nitrogens with one attached hydrogen (secondary N) is 2. The Morgan fingerprint density at radius 3 is 2.63 bits per heavy atom. The summed E-state index contributed by atoms with van der Waals surface area (Å²) in [6.45, 7) is 1.88. The van der Waals surface area contributed by atoms with Crippen molar-refractivity contribution in [2.75, 3.05) is 19.0 Å². The fraction of sp³-hybridized carbons (Fsp3) is 0.318. The van der Waals surface area contributed by atoms with E-state index in [0.717, 1.165) is 11.3 Å². The van der Waals surface area contributed by atoms with Gasteiger partial charge in [0.1, 0.15) is 11.5 Å². The molecule has 0 radical (unpaired) electrons. The lowest BCUT2D eigenvalue weighted by Crippen LogP contribution is -2.41. The zero-order chi connectivity index (χ0) is 21.5. The van der Waals surface area contributed by atoms with E-state index in [4.69, 9.17) is 14.2 Å². The summed E-state index contributed by atoms with van der Waals surface area (Å²) in [7, 11) is 1.60. The highest BCUT2D eigenvalue weighted by Crippen LogP contribution is 2.29. The summed E-state index contributed by atoms with van der Waals surface area (Å²) < 4.78 is 15.8. The maximum atomic E-state index is 12.2. The molecule has 0 fully saturated rings. The number of hydrogen-bond donors (Lipinski definition) is 2. The molecule has 0 saturated carbocycles. The van der Waals surface area contributed by atoms with Crippen molar-refractivity contribution in [2.45, 2.75) is 32.0 Å². The second kappa shape index (κ2) is 9.78. The minimum atomic E-state index is -1.00. The summed E-state index contributed by atoms with van der Waals surface area (Å²) in [5.41, 5.74) is 1.60. The molecular weight excluding hydrogens is 388 g/mol. The van der Waals surface area contributed by atoms with E-state index in [1.165, 1.54) is 6.92 Å². The highest BCUT2D eigenvalue weighted by atomic mass is 16.6. The van der Waals surface area contributed by atoms with Gasteiger partial charge in [0, 0.05) is 6.54 Å². The Balaban J connectivity index is 1.42. The molecule has 0 bridgehead atoms. The standard InChI is InChI=1S/C22H24N2O6/c1-14(21(26)23-12-11-15-7-9-16(28-2)10-8-15)29-20(25)13-19-22(27)24-17-5-3-4-6-18(17)30-19/h3-10,14,19H,11-13H2,1-2H3,(H,23,26)(H,24,27)/t14-,19-/m1/s1. The molecule has 2 atom stereocenters. The quantitative estimate of drug-likeness (QED) is 0.644. The van der Waals surface area contributed by atoms with Gasteiger partial charge >= 0.3 is 5.97 Å². The number of rotatable bonds is 8. The number of fused-ring (bicyclic) bond motifs is 1. The smallest absolute Gasteiger partial charge is 0.310 e. The first-order valence-corrected chi connectivity index (χ1v) is 9.63. The Bertz CT molecular complexity index is 912. The van der Waals surface area contributed by atoms with E-state index in [1.54, 1.807) is 31.4 Å². The number of methoxy groups -OCH3 is 1. The second-order valence-corrected chi connectivity index (χ2v) is 6.82. The number of para-hydroxylation sites is 2. The topological polar surface area (TPSA) is 103 Å². The fourth-order valence-electron chi connectivity index (χ4n) is 2.94. The third-order valence-electron chi connectivity index (χ3n) is 4.61. The summed E-state index contributed by atoms with van der Waals surface area (Å²) >= 11 is 0. The molecule has 2 amide bonds. The van der Waals surface area contributed by atoms with Crippen molar-refractivity contribution < 1.29 is 28.6 Å². The lowest BCUT2D eigenvalue weighted by Gasteiger charge is -2.25. The van der Waals surface area contributed by atoms with Crippen LogP contribution in [0.15, 0.2) is 48.5 Å². The average Bonchev–Trinajstić information content (AvgIpc) is 2.74. The van der Waals surface area contributed by atoms with Crippen LogP contribution in [0.25, 0.3) is 0 Å². The first-order valence-electron chi connectivity index (χ1n) is 9.63. The molecule has 0 saturated heterocycles. The molecule has 2 aromatic rings. The van der Waals surface area contributed by atoms with E-state index < -0.39 is 30.0 Å². The van der Waals surface area contributed by atoms with Crippen LogP contribution in [-0.4, -0.2) is 43.6 Å². The molecule has 1 aliphatic heterocycles. The summed E-state index contributed by atoms with van der Waals surface area (Å²) in [6.07, 6.45) is -1.64. The monoisotopic (exact) mass is 412 g/mol. The van der Waals surface area contributed by atoms with Crippen LogP contribution in [0.3, 0.4) is 0 Å². The van der Waals surface area contributed by atoms with Gasteiger partial charge in [0.25, 0.3) is 11.8 Å². The molecule has 1 heterocycles. The molecule has 3 rings (SSSR count). The van der Waals surface area contributed by atoms with Crippen molar-refractivity contribution in [1.82, 2.24) is 5.32 Å². The lowest BCUT2D eigenvalue weighted by molar-refractivity contribution is -0.157. The largest absolute Gasteiger partial charge is 0.497 e. The van der Waals surface area contributed by atoms with Gasteiger partial charge in [-0.1, -0.05) is 24.3 Å². The van der Waals surface area contributed by atoms with Crippen LogP contribution in [0.1, 0.15) is 18.9 Å². The Morgan fingerprint density at radius 1 is 1.17 bits per heavy atom. The number of anilines is 1. The van der Waals surface area contributed by atoms with Gasteiger partial charge in [-0.15, -0.1) is 0 Å². The summed E-state index contributed by atoms with van der Waals surface area (Å²) in [4.78, 5) is 36.4. The lowest BCUT2D eigenvalue weighted by atomic mass is 10.1. The molecule has 30 heavy (non-hydrogen) atoms. The molecule has 158 valence electrons. The minimum absolute atomic E-state index is 0.288. The molecule has 0 unspecified atom stereocenters. The number of ether oxygens (including phenoxy) is 3. The van der Waals surface area contributed by atoms with Gasteiger partial charge in [0.15, 0.2) is 12.2 Å². The van der Waals surface area contributed by atoms with Crippen LogP contribution < -0.4 is 20.1 Å². The maximum absolute atomic E-state index is 12.2. The summed E-state index contributed by atoms with van der Waals surface area (Å²) in [6, 6.07) is 14.5. The van der Waals surface area contributed by atoms with E-state index >= 15 is 0 Å². The van der Waals surface area contributed by atoms with Crippen molar-refractivity contribution in [3.05, 3.63) is 54.1 Å². The predicted molar refractivity (Wildman–Crippen MR) is 109 cm³/mol. The third-order valence-corrected chi connectivity index (χ3v) is 4.61. The highest BCUT2D eigenvalue weighted by Gasteiger charge is 2.31. The number of carbonyl (C=O) groups is 3. The van der Waals surface area contributed by atoms with Crippen molar-refractivity contribution in [3.8, 4) is 11.5 Å². The fourth-order valence-corrected chi connectivity index (χ4v) is 2.94. The van der Waals surface area contributed by atoms with Gasteiger partial charge < -0.3 is 24.8 Å². The molecule has 1 aliphatic rings. The number of benzene rings is 2. The van der Waals surface area contributed by atoms with E-state index in [9.17, 15) is 14.4 Å². The number of carbonyl (C=O) groups excluding carboxylic acids is 3. The van der Waals surface area contributed by atoms with Crippen molar-refractivity contribution >= 4 is 23.5 Å². The first-order chi connectivity index (χ1) is 14.5. The van der Waals surface area contributed by atoms with E-state index in [2.05, 4.69) is 10.6 Å². The number of amides is 2. The molecule has 0 spiro atoms. The maximum Gasteiger partial charge on any atom is 0.310 e. The SMILES string of the molecule is COc1ccc(CCNC(=O)[C@@H](C)OC(=O)C[C@H]2Oc3ccccc3NC2=O)cc1. The van der Waals surface area contributed by atoms with Crippen molar-refractivity contribution in [3.63, 3.8) is 0 Å². The van der Waals surface area contributed by atoms with E-state index in [-0.39, 0.29) is 6.42 Å². The van der Waals surface area contributed by atoms with Gasteiger partial charge in [0.2, 0.25) is 0 Å². The van der Waals surface area contributed by atoms with Crippen LogP contribution in [0.2, 0.25) is 0 Å². The van der Waals surface area contributed by atoms with Crippen LogP contribution in [0.4, 0.5) is 5.69 Å². The Hall–Kier alpha value is -3.55. The molecule has 0 aliphatic carbocycles. The second-order valence-electron chi connectivity index (χ2n) is 6.82. The van der Waals surface area contributed by atoms with Crippen LogP contribution in [0.5, 0.6) is 11.5 Å². The molecule has 8 nitrogen and oxygen atoms in total. The predicted octanol–water partition coefficient (Wildman–Crippen LogP) is 2.08. The molecule has 0 aromatic heterocycles. The Kier molecular flexibility index (Phi) is 6.90. The Labute approximate surface area is 174 Å². The average molecular weight is 412 g/mol. The number of esters is 1. The van der Waals surface area contributed by atoms with Crippen molar-refractivity contribution in [2.24, 2.45) is 0 Å². The number of hydrogen-bond acceptors (Lipinski definition) is 6. The third kappa shape index (κ3) is 5.50. The summed E-state index contributed by atoms with van der Waals surface area (Å²) in [5.74, 6) is -0.271. The molecular formula is C22H24N2O6. The molecule has 2 N–H and O–H groups in total. The van der Waals surface area contributed by atoms with Crippen LogP contribution in [-0.2, 0) is 25.5 Å². The molecule has 8 heteroatoms. The van der Waals surface area contributed by atoms with Crippen molar-refractivity contribution in [1.29, 1.82) is 0 Å². The zero-order valence-electron chi connectivity index (χ0n) is 16.8. The normalized spacial score (nSPS) is 15.8. The zero-order valence-corrected chi connectivity index (χ0v) is 16.8. The van der Waals surface area contributed by atoms with Gasteiger partial charge in [-0.3, -0.25) is 14.4 Å². The van der Waals surface area contributed by atoms with Gasteiger partial charge in [-0.2, -0.15) is 0 Å². The van der Waals surface area contributed by atoms with E-state index in [0.29, 0.717) is 24.4 Å². The minimum Gasteiger partial charge on any atom is -0.497 e. The van der Waals surface area contributed by atoms with Crippen LogP contribution >= 0.6 is 0 Å². The van der Waals surface area contributed by atoms with Crippen LogP contribution in [0, 0.1) is 0 Å².